The Hall–Kier alpha value is -0.740. The minimum Gasteiger partial charge on any atom is -0.491 e. The van der Waals surface area contributed by atoms with Crippen LogP contribution < -0.4 is 10.1 Å². The molecule has 0 atom stereocenters. The van der Waals surface area contributed by atoms with Gasteiger partial charge in [-0.2, -0.15) is 11.8 Å². The highest BCUT2D eigenvalue weighted by Crippen LogP contribution is 2.09. The maximum Gasteiger partial charge on any atom is 0.137 e. The van der Waals surface area contributed by atoms with Gasteiger partial charge in [0.1, 0.15) is 5.75 Å². The van der Waals surface area contributed by atoms with E-state index in [1.54, 1.807) is 18.0 Å². The Bertz CT molecular complexity index is 288. The predicted molar refractivity (Wildman–Crippen MR) is 70.1 cm³/mol. The molecule has 3 nitrogen and oxygen atoms in total. The number of pyridine rings is 1. The lowest BCUT2D eigenvalue weighted by Gasteiger charge is -2.08. The number of hydrogen-bond acceptors (Lipinski definition) is 4. The molecular formula is C12H20N2OS. The monoisotopic (exact) mass is 240 g/mol. The summed E-state index contributed by atoms with van der Waals surface area (Å²) >= 11 is 1.78. The smallest absolute Gasteiger partial charge is 0.137 e. The van der Waals surface area contributed by atoms with Crippen molar-refractivity contribution < 1.29 is 4.74 Å². The number of nitrogens with zero attached hydrogens (tertiary/aromatic N) is 1. The molecule has 0 aliphatic heterocycles. The van der Waals surface area contributed by atoms with Crippen LogP contribution in [0.4, 0.5) is 0 Å². The first kappa shape index (κ1) is 13.3. The number of ether oxygens (including phenoxy) is 1. The van der Waals surface area contributed by atoms with Gasteiger partial charge in [0, 0.05) is 18.3 Å². The fourth-order valence-electron chi connectivity index (χ4n) is 1.15. The molecule has 0 aliphatic carbocycles. The molecule has 16 heavy (non-hydrogen) atoms. The van der Waals surface area contributed by atoms with Crippen molar-refractivity contribution in [1.82, 2.24) is 10.3 Å². The van der Waals surface area contributed by atoms with Gasteiger partial charge in [0.05, 0.1) is 18.5 Å². The largest absolute Gasteiger partial charge is 0.491 e. The Morgan fingerprint density at radius 1 is 1.44 bits per heavy atom. The van der Waals surface area contributed by atoms with Crippen LogP contribution in [0.2, 0.25) is 0 Å². The Kier molecular flexibility index (Phi) is 6.26. The van der Waals surface area contributed by atoms with Crippen molar-refractivity contribution in [2.24, 2.45) is 0 Å². The minimum atomic E-state index is 0.485. The maximum atomic E-state index is 5.52. The molecule has 0 radical (unpaired) electrons. The van der Waals surface area contributed by atoms with E-state index in [-0.39, 0.29) is 0 Å². The number of aromatic nitrogens is 1. The molecule has 1 aromatic rings. The summed E-state index contributed by atoms with van der Waals surface area (Å²) in [5, 5.41) is 3.33. The second-order valence-electron chi connectivity index (χ2n) is 3.86. The molecular weight excluding hydrogens is 220 g/mol. The van der Waals surface area contributed by atoms with Gasteiger partial charge in [-0.25, -0.2) is 0 Å². The van der Waals surface area contributed by atoms with Gasteiger partial charge in [-0.05, 0) is 18.4 Å². The van der Waals surface area contributed by atoms with Gasteiger partial charge in [0.25, 0.3) is 0 Å². The Labute approximate surface area is 102 Å². The van der Waals surface area contributed by atoms with Crippen molar-refractivity contribution in [2.75, 3.05) is 18.6 Å². The fourth-order valence-corrected chi connectivity index (χ4v) is 1.40. The van der Waals surface area contributed by atoms with Gasteiger partial charge in [0.2, 0.25) is 0 Å². The third-order valence-electron chi connectivity index (χ3n) is 2.05. The van der Waals surface area contributed by atoms with Gasteiger partial charge < -0.3 is 10.1 Å². The van der Waals surface area contributed by atoms with Gasteiger partial charge >= 0.3 is 0 Å². The van der Waals surface area contributed by atoms with Crippen LogP contribution in [0.25, 0.3) is 0 Å². The van der Waals surface area contributed by atoms with E-state index < -0.39 is 0 Å². The molecule has 4 heteroatoms. The molecule has 0 unspecified atom stereocenters. The summed E-state index contributed by atoms with van der Waals surface area (Å²) in [7, 11) is 0. The SMILES string of the molecule is CSCCOc1ccc(CNC(C)C)nc1. The molecule has 90 valence electrons. The molecule has 0 saturated heterocycles. The number of nitrogens with one attached hydrogen (secondary N) is 1. The zero-order valence-electron chi connectivity index (χ0n) is 10.2. The lowest BCUT2D eigenvalue weighted by atomic mass is 10.3. The van der Waals surface area contributed by atoms with E-state index in [1.807, 2.05) is 12.1 Å². The normalized spacial score (nSPS) is 10.8. The Morgan fingerprint density at radius 2 is 2.25 bits per heavy atom. The third-order valence-corrected chi connectivity index (χ3v) is 2.62. The second kappa shape index (κ2) is 7.52. The van der Waals surface area contributed by atoms with Crippen LogP contribution in [0.3, 0.4) is 0 Å². The third kappa shape index (κ3) is 5.37. The predicted octanol–water partition coefficient (Wildman–Crippen LogP) is 2.32. The first-order valence-electron chi connectivity index (χ1n) is 5.52. The maximum absolute atomic E-state index is 5.52. The first-order chi connectivity index (χ1) is 7.72. The molecule has 1 heterocycles. The van der Waals surface area contributed by atoms with Gasteiger partial charge in [-0.15, -0.1) is 0 Å². The summed E-state index contributed by atoms with van der Waals surface area (Å²) in [5.41, 5.74) is 1.05. The second-order valence-corrected chi connectivity index (χ2v) is 4.85. The van der Waals surface area contributed by atoms with E-state index in [0.29, 0.717) is 6.04 Å². The summed E-state index contributed by atoms with van der Waals surface area (Å²) in [6.45, 7) is 5.80. The van der Waals surface area contributed by atoms with E-state index in [0.717, 1.165) is 30.3 Å². The fraction of sp³-hybridized carbons (Fsp3) is 0.583. The van der Waals surface area contributed by atoms with Crippen molar-refractivity contribution in [2.45, 2.75) is 26.4 Å². The van der Waals surface area contributed by atoms with Crippen molar-refractivity contribution in [3.63, 3.8) is 0 Å². The lowest BCUT2D eigenvalue weighted by Crippen LogP contribution is -2.22. The van der Waals surface area contributed by atoms with Gasteiger partial charge in [0.15, 0.2) is 0 Å². The average Bonchev–Trinajstić information content (AvgIpc) is 2.28. The van der Waals surface area contributed by atoms with E-state index in [1.165, 1.54) is 0 Å². The summed E-state index contributed by atoms with van der Waals surface area (Å²) in [6, 6.07) is 4.47. The molecule has 0 aromatic carbocycles. The van der Waals surface area contributed by atoms with E-state index in [9.17, 15) is 0 Å². The highest BCUT2D eigenvalue weighted by molar-refractivity contribution is 7.98. The Balaban J connectivity index is 2.35. The summed E-state index contributed by atoms with van der Waals surface area (Å²) in [4.78, 5) is 4.34. The molecule has 1 rings (SSSR count). The molecule has 1 N–H and O–H groups in total. The van der Waals surface area contributed by atoms with Gasteiger partial charge in [-0.1, -0.05) is 13.8 Å². The number of hydrogen-bond donors (Lipinski definition) is 1. The zero-order valence-corrected chi connectivity index (χ0v) is 11.0. The van der Waals surface area contributed by atoms with Crippen LogP contribution in [0.5, 0.6) is 5.75 Å². The zero-order chi connectivity index (χ0) is 11.8. The minimum absolute atomic E-state index is 0.485. The van der Waals surface area contributed by atoms with E-state index in [2.05, 4.69) is 30.4 Å². The van der Waals surface area contributed by atoms with Crippen molar-refractivity contribution in [3.8, 4) is 5.75 Å². The van der Waals surface area contributed by atoms with E-state index >= 15 is 0 Å². The van der Waals surface area contributed by atoms with Crippen molar-refractivity contribution in [1.29, 1.82) is 0 Å². The van der Waals surface area contributed by atoms with Crippen molar-refractivity contribution in [3.05, 3.63) is 24.0 Å². The Morgan fingerprint density at radius 3 is 2.81 bits per heavy atom. The molecule has 0 spiro atoms. The number of rotatable bonds is 7. The highest BCUT2D eigenvalue weighted by atomic mass is 32.2. The summed E-state index contributed by atoms with van der Waals surface area (Å²) in [6.07, 6.45) is 3.86. The van der Waals surface area contributed by atoms with Crippen LogP contribution in [0, 0.1) is 0 Å². The van der Waals surface area contributed by atoms with Crippen LogP contribution >= 0.6 is 11.8 Å². The lowest BCUT2D eigenvalue weighted by molar-refractivity contribution is 0.342. The molecule has 0 fully saturated rings. The number of thioether (sulfide) groups is 1. The topological polar surface area (TPSA) is 34.1 Å². The quantitative estimate of drug-likeness (QED) is 0.742. The summed E-state index contributed by atoms with van der Waals surface area (Å²) < 4.78 is 5.52. The van der Waals surface area contributed by atoms with E-state index in [4.69, 9.17) is 4.74 Å². The molecule has 1 aromatic heterocycles. The average molecular weight is 240 g/mol. The first-order valence-corrected chi connectivity index (χ1v) is 6.92. The summed E-state index contributed by atoms with van der Waals surface area (Å²) in [5.74, 6) is 1.86. The van der Waals surface area contributed by atoms with Crippen molar-refractivity contribution >= 4 is 11.8 Å². The van der Waals surface area contributed by atoms with Crippen LogP contribution in [-0.2, 0) is 6.54 Å². The van der Waals surface area contributed by atoms with Crippen LogP contribution in [0.1, 0.15) is 19.5 Å². The van der Waals surface area contributed by atoms with Crippen LogP contribution in [-0.4, -0.2) is 29.6 Å². The molecule has 0 saturated carbocycles. The molecule has 0 bridgehead atoms. The molecule has 0 amide bonds. The molecule has 0 aliphatic rings. The van der Waals surface area contributed by atoms with Crippen LogP contribution in [0.15, 0.2) is 18.3 Å². The highest BCUT2D eigenvalue weighted by Gasteiger charge is 1.98. The van der Waals surface area contributed by atoms with Gasteiger partial charge in [-0.3, -0.25) is 4.98 Å². The standard InChI is InChI=1S/C12H20N2OS/c1-10(2)13-8-11-4-5-12(9-14-11)15-6-7-16-3/h4-5,9-10,13H,6-8H2,1-3H3.